The van der Waals surface area contributed by atoms with Crippen molar-refractivity contribution in [3.63, 3.8) is 0 Å². The van der Waals surface area contributed by atoms with Gasteiger partial charge in [-0.25, -0.2) is 4.37 Å². The van der Waals surface area contributed by atoms with E-state index >= 15 is 0 Å². The molecule has 0 amide bonds. The summed E-state index contributed by atoms with van der Waals surface area (Å²) in [6, 6.07) is 1.94. The summed E-state index contributed by atoms with van der Waals surface area (Å²) < 4.78 is 3.87. The highest BCUT2D eigenvalue weighted by molar-refractivity contribution is 7.79. The van der Waals surface area contributed by atoms with E-state index in [0.717, 1.165) is 0 Å². The molecule has 0 aliphatic heterocycles. The number of aromatic nitrogens is 1. The van der Waals surface area contributed by atoms with E-state index in [1.165, 1.54) is 16.4 Å². The molecule has 1 rings (SSSR count). The van der Waals surface area contributed by atoms with Crippen molar-refractivity contribution >= 4 is 24.2 Å². The summed E-state index contributed by atoms with van der Waals surface area (Å²) in [5.74, 6) is 0.699. The van der Waals surface area contributed by atoms with Crippen molar-refractivity contribution < 1.29 is 0 Å². The quantitative estimate of drug-likeness (QED) is 0.565. The van der Waals surface area contributed by atoms with Gasteiger partial charge in [0.2, 0.25) is 0 Å². The molecule has 3 heteroatoms. The third kappa shape index (κ3) is 1.17. The molecular weight excluding hydrogens is 126 g/mol. The molecule has 7 heavy (non-hydrogen) atoms. The molecule has 0 atom stereocenters. The van der Waals surface area contributed by atoms with Crippen LogP contribution in [0.5, 0.6) is 0 Å². The minimum Gasteiger partial charge on any atom is -0.201 e. The van der Waals surface area contributed by atoms with E-state index < -0.39 is 0 Å². The van der Waals surface area contributed by atoms with Gasteiger partial charge in [-0.1, -0.05) is 12.6 Å². The van der Waals surface area contributed by atoms with Crippen LogP contribution in [0.2, 0.25) is 0 Å². The fraction of sp³-hybridized carbons (Fsp3) is 0.250. The topological polar surface area (TPSA) is 12.9 Å². The van der Waals surface area contributed by atoms with Crippen LogP contribution in [0.15, 0.2) is 12.3 Å². The average molecular weight is 130 g/mol. The summed E-state index contributed by atoms with van der Waals surface area (Å²) in [5.41, 5.74) is 0. The van der Waals surface area contributed by atoms with Crippen molar-refractivity contribution in [1.82, 2.24) is 4.37 Å². The molecule has 1 radical (unpaired) electrons. The normalized spacial score (nSPS) is 9.29. The minimum absolute atomic E-state index is 0.699. The largest absolute Gasteiger partial charge is 0.201 e. The SMILES string of the molecule is [S]Cc1ccns1. The maximum Gasteiger partial charge on any atom is 0.0410 e. The second-order valence-electron chi connectivity index (χ2n) is 1.12. The van der Waals surface area contributed by atoms with Crippen LogP contribution in [0.3, 0.4) is 0 Å². The van der Waals surface area contributed by atoms with Crippen LogP contribution in [-0.4, -0.2) is 4.37 Å². The smallest absolute Gasteiger partial charge is 0.0410 e. The number of hydrogen-bond donors (Lipinski definition) is 0. The van der Waals surface area contributed by atoms with E-state index in [1.807, 2.05) is 6.07 Å². The van der Waals surface area contributed by atoms with Gasteiger partial charge in [0.25, 0.3) is 0 Å². The maximum absolute atomic E-state index is 4.74. The Balaban J connectivity index is 2.76. The van der Waals surface area contributed by atoms with Gasteiger partial charge in [0.1, 0.15) is 0 Å². The first-order valence-electron chi connectivity index (χ1n) is 1.91. The summed E-state index contributed by atoms with van der Waals surface area (Å²) >= 11 is 6.21. The van der Waals surface area contributed by atoms with Crippen LogP contribution < -0.4 is 0 Å². The van der Waals surface area contributed by atoms with Crippen LogP contribution in [-0.2, 0) is 5.75 Å². The molecule has 0 saturated carbocycles. The minimum atomic E-state index is 0.699. The lowest BCUT2D eigenvalue weighted by Gasteiger charge is -1.74. The Kier molecular flexibility index (Phi) is 1.70. The summed E-state index contributed by atoms with van der Waals surface area (Å²) in [6.07, 6.45) is 1.77. The Morgan fingerprint density at radius 3 is 3.00 bits per heavy atom. The monoisotopic (exact) mass is 130 g/mol. The highest BCUT2D eigenvalue weighted by Gasteiger charge is 1.85. The standard InChI is InChI=1S/C4H4NS2/c6-3-4-1-2-5-7-4/h1-2H,3H2. The van der Waals surface area contributed by atoms with Gasteiger partial charge in [0.05, 0.1) is 0 Å². The lowest BCUT2D eigenvalue weighted by Crippen LogP contribution is -1.59. The zero-order chi connectivity index (χ0) is 5.11. The van der Waals surface area contributed by atoms with E-state index in [4.69, 9.17) is 12.6 Å². The van der Waals surface area contributed by atoms with E-state index in [-0.39, 0.29) is 0 Å². The van der Waals surface area contributed by atoms with Crippen molar-refractivity contribution in [3.05, 3.63) is 17.1 Å². The molecule has 0 fully saturated rings. The van der Waals surface area contributed by atoms with E-state index in [0.29, 0.717) is 5.75 Å². The van der Waals surface area contributed by atoms with Gasteiger partial charge in [-0.3, -0.25) is 0 Å². The first-order valence-corrected chi connectivity index (χ1v) is 3.26. The lowest BCUT2D eigenvalue weighted by atomic mass is 10.6. The van der Waals surface area contributed by atoms with Gasteiger partial charge in [-0.15, -0.1) is 0 Å². The third-order valence-electron chi connectivity index (χ3n) is 0.634. The summed E-state index contributed by atoms with van der Waals surface area (Å²) in [6.45, 7) is 0. The van der Waals surface area contributed by atoms with Gasteiger partial charge >= 0.3 is 0 Å². The number of rotatable bonds is 1. The molecule has 0 saturated heterocycles. The predicted molar refractivity (Wildman–Crippen MR) is 33.4 cm³/mol. The van der Waals surface area contributed by atoms with Crippen LogP contribution in [0.25, 0.3) is 0 Å². The zero-order valence-corrected chi connectivity index (χ0v) is 5.26. The molecule has 0 spiro atoms. The number of hydrogen-bond acceptors (Lipinski definition) is 2. The summed E-state index contributed by atoms with van der Waals surface area (Å²) in [7, 11) is 0. The van der Waals surface area contributed by atoms with E-state index in [1.54, 1.807) is 6.20 Å². The van der Waals surface area contributed by atoms with Crippen molar-refractivity contribution in [2.45, 2.75) is 5.75 Å². The molecule has 0 N–H and O–H groups in total. The molecule has 37 valence electrons. The summed E-state index contributed by atoms with van der Waals surface area (Å²) in [5, 5.41) is 0. The molecule has 0 aliphatic carbocycles. The Bertz CT molecular complexity index is 124. The Morgan fingerprint density at radius 1 is 1.86 bits per heavy atom. The lowest BCUT2D eigenvalue weighted by molar-refractivity contribution is 1.54. The van der Waals surface area contributed by atoms with E-state index in [2.05, 4.69) is 4.37 Å². The number of nitrogens with zero attached hydrogens (tertiary/aromatic N) is 1. The van der Waals surface area contributed by atoms with Gasteiger partial charge in [0.15, 0.2) is 0 Å². The van der Waals surface area contributed by atoms with Crippen molar-refractivity contribution in [1.29, 1.82) is 0 Å². The Labute approximate surface area is 52.0 Å². The third-order valence-corrected chi connectivity index (χ3v) is 1.87. The molecule has 0 aliphatic rings. The van der Waals surface area contributed by atoms with E-state index in [9.17, 15) is 0 Å². The van der Waals surface area contributed by atoms with Gasteiger partial charge in [-0.2, -0.15) is 0 Å². The fourth-order valence-electron chi connectivity index (χ4n) is 0.317. The molecule has 0 bridgehead atoms. The van der Waals surface area contributed by atoms with Crippen molar-refractivity contribution in [2.24, 2.45) is 0 Å². The summed E-state index contributed by atoms with van der Waals surface area (Å²) in [4.78, 5) is 1.18. The maximum atomic E-state index is 4.74. The average Bonchev–Trinajstić information content (AvgIpc) is 2.14. The first-order chi connectivity index (χ1) is 3.43. The van der Waals surface area contributed by atoms with Crippen molar-refractivity contribution in [3.8, 4) is 0 Å². The highest BCUT2D eigenvalue weighted by atomic mass is 32.1. The second-order valence-corrected chi connectivity index (χ2v) is 2.33. The van der Waals surface area contributed by atoms with Crippen molar-refractivity contribution in [2.75, 3.05) is 0 Å². The van der Waals surface area contributed by atoms with Crippen LogP contribution >= 0.6 is 24.2 Å². The molecule has 1 nitrogen and oxygen atoms in total. The second kappa shape index (κ2) is 2.33. The molecule has 0 unspecified atom stereocenters. The highest BCUT2D eigenvalue weighted by Crippen LogP contribution is 2.05. The molecule has 0 aromatic carbocycles. The Hall–Kier alpha value is -0.0200. The van der Waals surface area contributed by atoms with Gasteiger partial charge in [-0.05, 0) is 17.6 Å². The molecular formula is C4H4NS2. The van der Waals surface area contributed by atoms with Crippen LogP contribution in [0.4, 0.5) is 0 Å². The molecule has 1 aromatic heterocycles. The van der Waals surface area contributed by atoms with Gasteiger partial charge < -0.3 is 0 Å². The predicted octanol–water partition coefficient (Wildman–Crippen LogP) is 1.84. The fourth-order valence-corrected chi connectivity index (χ4v) is 1.00. The van der Waals surface area contributed by atoms with Gasteiger partial charge in [0, 0.05) is 16.8 Å². The molecule has 1 aromatic rings. The zero-order valence-electron chi connectivity index (χ0n) is 3.63. The first kappa shape index (κ1) is 5.12. The Morgan fingerprint density at radius 2 is 2.71 bits per heavy atom. The molecule has 1 heterocycles. The van der Waals surface area contributed by atoms with Crippen LogP contribution in [0, 0.1) is 0 Å². The van der Waals surface area contributed by atoms with Crippen LogP contribution in [0.1, 0.15) is 4.88 Å².